The van der Waals surface area contributed by atoms with Crippen molar-refractivity contribution in [2.24, 2.45) is 5.41 Å². The molecule has 1 fully saturated rings. The van der Waals surface area contributed by atoms with E-state index in [1.54, 1.807) is 0 Å². The van der Waals surface area contributed by atoms with Crippen LogP contribution in [0.2, 0.25) is 0 Å². The Labute approximate surface area is 126 Å². The van der Waals surface area contributed by atoms with Gasteiger partial charge in [-0.05, 0) is 43.0 Å². The van der Waals surface area contributed by atoms with Crippen LogP contribution in [-0.4, -0.2) is 21.5 Å². The van der Waals surface area contributed by atoms with E-state index < -0.39 is 10.0 Å². The molecule has 0 heterocycles. The van der Waals surface area contributed by atoms with E-state index in [1.807, 2.05) is 6.92 Å². The first kappa shape index (κ1) is 16.4. The summed E-state index contributed by atoms with van der Waals surface area (Å²) in [4.78, 5) is 0.125. The molecule has 0 radical (unpaired) electrons. The smallest absolute Gasteiger partial charge is 0.240 e. The van der Waals surface area contributed by atoms with Gasteiger partial charge in [-0.3, -0.25) is 0 Å². The van der Waals surface area contributed by atoms with Gasteiger partial charge in [0.2, 0.25) is 10.0 Å². The van der Waals surface area contributed by atoms with E-state index >= 15 is 0 Å². The predicted molar refractivity (Wildman–Crippen MR) is 80.9 cm³/mol. The highest BCUT2D eigenvalue weighted by Crippen LogP contribution is 2.39. The van der Waals surface area contributed by atoms with Gasteiger partial charge in [0.15, 0.2) is 0 Å². The number of halogens is 1. The van der Waals surface area contributed by atoms with Crippen LogP contribution in [0.4, 0.5) is 4.39 Å². The second-order valence-corrected chi connectivity index (χ2v) is 7.79. The molecule has 0 amide bonds. The van der Waals surface area contributed by atoms with Gasteiger partial charge in [-0.1, -0.05) is 20.3 Å². The highest BCUT2D eigenvalue weighted by Gasteiger charge is 2.33. The molecule has 1 aromatic carbocycles. The van der Waals surface area contributed by atoms with Crippen LogP contribution in [0.15, 0.2) is 23.1 Å². The van der Waals surface area contributed by atoms with Crippen LogP contribution in [0.3, 0.4) is 0 Å². The van der Waals surface area contributed by atoms with E-state index in [0.717, 1.165) is 19.3 Å². The van der Waals surface area contributed by atoms with Crippen LogP contribution in [0.5, 0.6) is 0 Å². The van der Waals surface area contributed by atoms with Crippen LogP contribution in [-0.2, 0) is 16.6 Å². The van der Waals surface area contributed by atoms with E-state index in [0.29, 0.717) is 25.2 Å². The fourth-order valence-electron chi connectivity index (χ4n) is 2.42. The molecule has 21 heavy (non-hydrogen) atoms. The van der Waals surface area contributed by atoms with Crippen molar-refractivity contribution in [2.75, 3.05) is 13.1 Å². The zero-order valence-corrected chi connectivity index (χ0v) is 13.4. The fraction of sp³-hybridized carbons (Fsp3) is 0.600. The SMILES string of the molecule is CCNCc1cc(S(=O)(=O)NCC2(C)CCC2)ccc1F. The van der Waals surface area contributed by atoms with Gasteiger partial charge in [-0.25, -0.2) is 17.5 Å². The maximum absolute atomic E-state index is 13.7. The van der Waals surface area contributed by atoms with Crippen LogP contribution in [0.25, 0.3) is 0 Å². The molecule has 1 saturated carbocycles. The lowest BCUT2D eigenvalue weighted by Crippen LogP contribution is -2.39. The quantitative estimate of drug-likeness (QED) is 0.812. The molecule has 0 atom stereocenters. The first-order valence-corrected chi connectivity index (χ1v) is 8.83. The van der Waals surface area contributed by atoms with Crippen molar-refractivity contribution in [1.29, 1.82) is 0 Å². The monoisotopic (exact) mass is 314 g/mol. The van der Waals surface area contributed by atoms with Gasteiger partial charge < -0.3 is 5.32 Å². The molecule has 2 rings (SSSR count). The minimum absolute atomic E-state index is 0.0691. The highest BCUT2D eigenvalue weighted by molar-refractivity contribution is 7.89. The second-order valence-electron chi connectivity index (χ2n) is 6.02. The van der Waals surface area contributed by atoms with Crippen LogP contribution in [0.1, 0.15) is 38.7 Å². The molecule has 1 aromatic rings. The molecule has 4 nitrogen and oxygen atoms in total. The molecular weight excluding hydrogens is 291 g/mol. The maximum atomic E-state index is 13.7. The largest absolute Gasteiger partial charge is 0.313 e. The van der Waals surface area contributed by atoms with Crippen molar-refractivity contribution in [2.45, 2.75) is 44.6 Å². The van der Waals surface area contributed by atoms with Gasteiger partial charge >= 0.3 is 0 Å². The van der Waals surface area contributed by atoms with Gasteiger partial charge in [-0.2, -0.15) is 0 Å². The lowest BCUT2D eigenvalue weighted by atomic mass is 9.71. The third kappa shape index (κ3) is 4.02. The summed E-state index contributed by atoms with van der Waals surface area (Å²) in [7, 11) is -3.58. The summed E-state index contributed by atoms with van der Waals surface area (Å²) in [5.41, 5.74) is 0.439. The van der Waals surface area contributed by atoms with Crippen molar-refractivity contribution in [3.8, 4) is 0 Å². The maximum Gasteiger partial charge on any atom is 0.240 e. The molecule has 2 N–H and O–H groups in total. The molecule has 0 bridgehead atoms. The minimum atomic E-state index is -3.58. The Hall–Kier alpha value is -0.980. The van der Waals surface area contributed by atoms with Crippen molar-refractivity contribution in [1.82, 2.24) is 10.0 Å². The summed E-state index contributed by atoms with van der Waals surface area (Å²) >= 11 is 0. The minimum Gasteiger partial charge on any atom is -0.313 e. The zero-order valence-electron chi connectivity index (χ0n) is 12.6. The van der Waals surface area contributed by atoms with Gasteiger partial charge in [0, 0.05) is 18.7 Å². The van der Waals surface area contributed by atoms with Gasteiger partial charge in [0.25, 0.3) is 0 Å². The van der Waals surface area contributed by atoms with Crippen molar-refractivity contribution in [3.05, 3.63) is 29.6 Å². The number of sulfonamides is 1. The summed E-state index contributed by atoms with van der Waals surface area (Å²) in [6, 6.07) is 3.94. The fourth-order valence-corrected chi connectivity index (χ4v) is 3.67. The summed E-state index contributed by atoms with van der Waals surface area (Å²) in [5.74, 6) is -0.388. The topological polar surface area (TPSA) is 58.2 Å². The predicted octanol–water partition coefficient (Wildman–Crippen LogP) is 2.40. The molecule has 1 aliphatic rings. The van der Waals surface area contributed by atoms with Crippen LogP contribution >= 0.6 is 0 Å². The lowest BCUT2D eigenvalue weighted by Gasteiger charge is -2.38. The summed E-state index contributed by atoms with van der Waals surface area (Å²) in [6.45, 7) is 5.46. The van der Waals surface area contributed by atoms with E-state index in [1.165, 1.54) is 18.2 Å². The molecule has 1 aliphatic carbocycles. The Morgan fingerprint density at radius 1 is 1.33 bits per heavy atom. The third-order valence-electron chi connectivity index (χ3n) is 4.14. The first-order valence-electron chi connectivity index (χ1n) is 7.35. The molecule has 0 unspecified atom stereocenters. The highest BCUT2D eigenvalue weighted by atomic mass is 32.2. The summed E-state index contributed by atoms with van der Waals surface area (Å²) < 4.78 is 40.9. The molecule has 0 saturated heterocycles. The van der Waals surface area contributed by atoms with Crippen molar-refractivity contribution >= 4 is 10.0 Å². The van der Waals surface area contributed by atoms with Crippen LogP contribution in [0, 0.1) is 11.2 Å². The number of hydrogen-bond donors (Lipinski definition) is 2. The zero-order chi connectivity index (χ0) is 15.5. The standard InChI is InChI=1S/C15H23FN2O2S/c1-3-17-10-12-9-13(5-6-14(12)16)21(19,20)18-11-15(2)7-4-8-15/h5-6,9,17-18H,3-4,7-8,10-11H2,1-2H3. The van der Waals surface area contributed by atoms with Crippen LogP contribution < -0.4 is 10.0 Å². The normalized spacial score (nSPS) is 17.5. The van der Waals surface area contributed by atoms with E-state index in [-0.39, 0.29) is 16.1 Å². The Morgan fingerprint density at radius 3 is 2.62 bits per heavy atom. The number of hydrogen-bond acceptors (Lipinski definition) is 3. The van der Waals surface area contributed by atoms with Gasteiger partial charge in [-0.15, -0.1) is 0 Å². The molecule has 0 spiro atoms. The summed E-state index contributed by atoms with van der Waals surface area (Å²) in [6.07, 6.45) is 3.25. The average molecular weight is 314 g/mol. The molecule has 0 aromatic heterocycles. The van der Waals surface area contributed by atoms with E-state index in [2.05, 4.69) is 17.0 Å². The van der Waals surface area contributed by atoms with Gasteiger partial charge in [0.05, 0.1) is 4.90 Å². The molecule has 118 valence electrons. The molecular formula is C15H23FN2O2S. The molecule has 0 aliphatic heterocycles. The number of benzene rings is 1. The number of rotatable bonds is 7. The summed E-state index contributed by atoms with van der Waals surface area (Å²) in [5, 5.41) is 3.00. The Morgan fingerprint density at radius 2 is 2.05 bits per heavy atom. The molecule has 6 heteroatoms. The number of nitrogens with one attached hydrogen (secondary N) is 2. The first-order chi connectivity index (χ1) is 9.86. The Bertz CT molecular complexity index is 598. The average Bonchev–Trinajstić information content (AvgIpc) is 2.42. The van der Waals surface area contributed by atoms with Crippen molar-refractivity contribution in [3.63, 3.8) is 0 Å². The third-order valence-corrected chi connectivity index (χ3v) is 5.54. The lowest BCUT2D eigenvalue weighted by molar-refractivity contribution is 0.166. The Balaban J connectivity index is 2.11. The van der Waals surface area contributed by atoms with Crippen molar-refractivity contribution < 1.29 is 12.8 Å². The van der Waals surface area contributed by atoms with Gasteiger partial charge in [0.1, 0.15) is 5.82 Å². The van der Waals surface area contributed by atoms with E-state index in [9.17, 15) is 12.8 Å². The Kier molecular flexibility index (Phi) is 5.01. The second kappa shape index (κ2) is 6.42. The van der Waals surface area contributed by atoms with E-state index in [4.69, 9.17) is 0 Å².